The van der Waals surface area contributed by atoms with Gasteiger partial charge in [-0.15, -0.1) is 12.6 Å². The normalized spacial score (nSPS) is 10.7. The number of hydrogen-bond acceptors (Lipinski definition) is 4. The smallest absolute Gasteiger partial charge is 0.0723 e. The van der Waals surface area contributed by atoms with Crippen molar-refractivity contribution in [2.75, 3.05) is 25.1 Å². The van der Waals surface area contributed by atoms with E-state index in [4.69, 9.17) is 5.11 Å². The molecule has 0 saturated carbocycles. The average molecular weight is 234 g/mol. The Morgan fingerprint density at radius 3 is 2.94 bits per heavy atom. The van der Waals surface area contributed by atoms with Crippen molar-refractivity contribution in [1.29, 1.82) is 0 Å². The van der Waals surface area contributed by atoms with Crippen molar-refractivity contribution in [3.8, 4) is 0 Å². The van der Waals surface area contributed by atoms with Gasteiger partial charge in [0.15, 0.2) is 0 Å². The molecule has 0 aliphatic carbocycles. The van der Waals surface area contributed by atoms with E-state index in [1.807, 2.05) is 36.2 Å². The molecule has 0 amide bonds. The molecule has 1 aromatic carbocycles. The van der Waals surface area contributed by atoms with E-state index in [-0.39, 0.29) is 6.61 Å². The second kappa shape index (κ2) is 4.72. The molecule has 0 unspecified atom stereocenters. The molecule has 3 nitrogen and oxygen atoms in total. The van der Waals surface area contributed by atoms with Crippen molar-refractivity contribution < 1.29 is 5.11 Å². The Hall–Kier alpha value is -1.26. The molecule has 0 saturated heterocycles. The van der Waals surface area contributed by atoms with Crippen LogP contribution in [0.15, 0.2) is 35.4 Å². The van der Waals surface area contributed by atoms with Crippen LogP contribution < -0.4 is 4.90 Å². The zero-order valence-electron chi connectivity index (χ0n) is 9.09. The summed E-state index contributed by atoms with van der Waals surface area (Å²) in [5.74, 6) is 0. The lowest BCUT2D eigenvalue weighted by molar-refractivity contribution is 0.304. The number of rotatable bonds is 3. The number of hydrogen-bond donors (Lipinski definition) is 2. The average Bonchev–Trinajstić information content (AvgIpc) is 2.28. The Bertz CT molecular complexity index is 501. The number of anilines is 1. The molecular weight excluding hydrogens is 220 g/mol. The first-order valence-electron chi connectivity index (χ1n) is 5.12. The molecule has 1 heterocycles. The highest BCUT2D eigenvalue weighted by Crippen LogP contribution is 2.26. The van der Waals surface area contributed by atoms with Gasteiger partial charge in [0.25, 0.3) is 0 Å². The highest BCUT2D eigenvalue weighted by Gasteiger charge is 2.06. The molecular formula is C12H14N2OS. The molecule has 0 aliphatic heterocycles. The van der Waals surface area contributed by atoms with Gasteiger partial charge in [0.05, 0.1) is 12.1 Å². The number of fused-ring (bicyclic) bond motifs is 1. The van der Waals surface area contributed by atoms with Crippen LogP contribution in [0.3, 0.4) is 0 Å². The summed E-state index contributed by atoms with van der Waals surface area (Å²) in [6.45, 7) is 0.747. The zero-order valence-corrected chi connectivity index (χ0v) is 9.98. The van der Waals surface area contributed by atoms with E-state index >= 15 is 0 Å². The van der Waals surface area contributed by atoms with E-state index in [9.17, 15) is 0 Å². The van der Waals surface area contributed by atoms with Crippen LogP contribution in [0.25, 0.3) is 10.9 Å². The number of thiol groups is 1. The lowest BCUT2D eigenvalue weighted by Gasteiger charge is -2.19. The number of pyridine rings is 1. The molecule has 1 N–H and O–H groups in total. The summed E-state index contributed by atoms with van der Waals surface area (Å²) in [6.07, 6.45) is 1.78. The van der Waals surface area contributed by atoms with Crippen molar-refractivity contribution in [2.45, 2.75) is 4.90 Å². The fraction of sp³-hybridized carbons (Fsp3) is 0.250. The van der Waals surface area contributed by atoms with Crippen LogP contribution in [0.4, 0.5) is 5.69 Å². The fourth-order valence-corrected chi connectivity index (χ4v) is 1.93. The van der Waals surface area contributed by atoms with Crippen molar-refractivity contribution in [3.63, 3.8) is 0 Å². The molecule has 2 rings (SSSR count). The van der Waals surface area contributed by atoms with Crippen LogP contribution in [0.5, 0.6) is 0 Å². The third-order valence-corrected chi connectivity index (χ3v) is 2.83. The van der Waals surface area contributed by atoms with Gasteiger partial charge >= 0.3 is 0 Å². The van der Waals surface area contributed by atoms with Crippen LogP contribution >= 0.6 is 12.6 Å². The standard InChI is InChI=1S/C12H14N2OS/c1-14(6-7-15)12-4-5-13-11-3-2-9(16)8-10(11)12/h2-5,8,15-16H,6-7H2,1H3. The van der Waals surface area contributed by atoms with E-state index < -0.39 is 0 Å². The lowest BCUT2D eigenvalue weighted by atomic mass is 10.2. The van der Waals surface area contributed by atoms with Crippen LogP contribution in [-0.2, 0) is 0 Å². The van der Waals surface area contributed by atoms with Crippen molar-refractivity contribution in [1.82, 2.24) is 4.98 Å². The third kappa shape index (κ3) is 2.13. The van der Waals surface area contributed by atoms with Gasteiger partial charge in [0.1, 0.15) is 0 Å². The van der Waals surface area contributed by atoms with Crippen LogP contribution in [-0.4, -0.2) is 30.3 Å². The molecule has 16 heavy (non-hydrogen) atoms. The third-order valence-electron chi connectivity index (χ3n) is 2.55. The maximum atomic E-state index is 8.95. The predicted octanol–water partition coefficient (Wildman–Crippen LogP) is 1.95. The van der Waals surface area contributed by atoms with Gasteiger partial charge in [0, 0.05) is 35.8 Å². The van der Waals surface area contributed by atoms with Crippen LogP contribution in [0.1, 0.15) is 0 Å². The molecule has 4 heteroatoms. The summed E-state index contributed by atoms with van der Waals surface area (Å²) in [5, 5.41) is 10.0. The number of aliphatic hydroxyl groups excluding tert-OH is 1. The van der Waals surface area contributed by atoms with Gasteiger partial charge in [-0.1, -0.05) is 0 Å². The largest absolute Gasteiger partial charge is 0.395 e. The van der Waals surface area contributed by atoms with Gasteiger partial charge in [-0.25, -0.2) is 0 Å². The van der Waals surface area contributed by atoms with Crippen molar-refractivity contribution in [2.24, 2.45) is 0 Å². The summed E-state index contributed by atoms with van der Waals surface area (Å²) >= 11 is 4.33. The van der Waals surface area contributed by atoms with E-state index in [0.29, 0.717) is 6.54 Å². The summed E-state index contributed by atoms with van der Waals surface area (Å²) in [7, 11) is 1.95. The number of aliphatic hydroxyl groups is 1. The summed E-state index contributed by atoms with van der Waals surface area (Å²) < 4.78 is 0. The maximum absolute atomic E-state index is 8.95. The zero-order chi connectivity index (χ0) is 11.5. The van der Waals surface area contributed by atoms with Crippen molar-refractivity contribution >= 4 is 29.2 Å². The van der Waals surface area contributed by atoms with Crippen LogP contribution in [0.2, 0.25) is 0 Å². The molecule has 0 bridgehead atoms. The summed E-state index contributed by atoms with van der Waals surface area (Å²) in [6, 6.07) is 7.82. The Kier molecular flexibility index (Phi) is 3.31. The quantitative estimate of drug-likeness (QED) is 0.797. The van der Waals surface area contributed by atoms with E-state index in [1.165, 1.54) is 0 Å². The maximum Gasteiger partial charge on any atom is 0.0723 e. The SMILES string of the molecule is CN(CCO)c1ccnc2ccc(S)cc12. The monoisotopic (exact) mass is 234 g/mol. The molecule has 0 fully saturated rings. The first kappa shape index (κ1) is 11.2. The Morgan fingerprint density at radius 1 is 1.38 bits per heavy atom. The molecule has 1 aromatic heterocycles. The number of aromatic nitrogens is 1. The Morgan fingerprint density at radius 2 is 2.19 bits per heavy atom. The summed E-state index contributed by atoms with van der Waals surface area (Å²) in [5.41, 5.74) is 2.01. The fourth-order valence-electron chi connectivity index (χ4n) is 1.72. The van der Waals surface area contributed by atoms with E-state index in [0.717, 1.165) is 21.5 Å². The molecule has 0 spiro atoms. The number of nitrogens with zero attached hydrogens (tertiary/aromatic N) is 2. The van der Waals surface area contributed by atoms with E-state index in [2.05, 4.69) is 17.6 Å². The second-order valence-corrected chi connectivity index (χ2v) is 4.19. The molecule has 2 aromatic rings. The van der Waals surface area contributed by atoms with Gasteiger partial charge < -0.3 is 10.0 Å². The Balaban J connectivity index is 2.55. The van der Waals surface area contributed by atoms with E-state index in [1.54, 1.807) is 6.20 Å². The first-order valence-corrected chi connectivity index (χ1v) is 5.57. The molecule has 0 atom stereocenters. The topological polar surface area (TPSA) is 36.4 Å². The highest BCUT2D eigenvalue weighted by molar-refractivity contribution is 7.80. The Labute approximate surface area is 100 Å². The summed E-state index contributed by atoms with van der Waals surface area (Å²) in [4.78, 5) is 7.23. The lowest BCUT2D eigenvalue weighted by Crippen LogP contribution is -2.21. The van der Waals surface area contributed by atoms with Crippen LogP contribution in [0, 0.1) is 0 Å². The minimum absolute atomic E-state index is 0.140. The minimum Gasteiger partial charge on any atom is -0.395 e. The predicted molar refractivity (Wildman–Crippen MR) is 69.4 cm³/mol. The minimum atomic E-state index is 0.140. The van der Waals surface area contributed by atoms with Crippen molar-refractivity contribution in [3.05, 3.63) is 30.5 Å². The second-order valence-electron chi connectivity index (χ2n) is 3.68. The molecule has 0 radical (unpaired) electrons. The molecule has 0 aliphatic rings. The highest BCUT2D eigenvalue weighted by atomic mass is 32.1. The van der Waals surface area contributed by atoms with Gasteiger partial charge in [-0.2, -0.15) is 0 Å². The molecule has 84 valence electrons. The number of benzene rings is 1. The number of likely N-dealkylation sites (N-methyl/N-ethyl adjacent to an activating group) is 1. The van der Waals surface area contributed by atoms with Gasteiger partial charge in [-0.05, 0) is 24.3 Å². The van der Waals surface area contributed by atoms with Gasteiger partial charge in [0.2, 0.25) is 0 Å². The first-order chi connectivity index (χ1) is 7.72. The van der Waals surface area contributed by atoms with Gasteiger partial charge in [-0.3, -0.25) is 4.98 Å².